The van der Waals surface area contributed by atoms with Crippen LogP contribution in [0.3, 0.4) is 0 Å². The van der Waals surface area contributed by atoms with Crippen LogP contribution >= 0.6 is 11.6 Å². The zero-order valence-electron chi connectivity index (χ0n) is 14.6. The topological polar surface area (TPSA) is 83.1 Å². The molecule has 0 saturated carbocycles. The monoisotopic (exact) mass is 362 g/mol. The summed E-state index contributed by atoms with van der Waals surface area (Å²) in [7, 11) is 0. The Balaban J connectivity index is 1.92. The van der Waals surface area contributed by atoms with Crippen LogP contribution in [0.4, 0.5) is 5.69 Å². The van der Waals surface area contributed by atoms with Crippen molar-refractivity contribution in [3.63, 3.8) is 0 Å². The smallest absolute Gasteiger partial charge is 0.291 e. The molecule has 132 valence electrons. The standard InChI is InChI=1S/C18H20ClN3O3/c1-8-12-13(15(24)22(14(12)23)17(2,3)4)18(21-8)10-7-9(19)5-6-11(10)20-16(18)25/h5-8,12-13,21H,1-4H3,(H,20,25)/p+1/t8-,12-,13+,18+/m1/s1. The molecule has 0 aliphatic carbocycles. The van der Waals surface area contributed by atoms with Gasteiger partial charge in [-0.2, -0.15) is 0 Å². The van der Waals surface area contributed by atoms with Crippen molar-refractivity contribution in [2.24, 2.45) is 11.8 Å². The average Bonchev–Trinajstić information content (AvgIpc) is 3.04. The molecule has 3 amide bonds. The van der Waals surface area contributed by atoms with Crippen LogP contribution in [0, 0.1) is 11.8 Å². The summed E-state index contributed by atoms with van der Waals surface area (Å²) in [6.45, 7) is 7.42. The fourth-order valence-electron chi connectivity index (χ4n) is 4.77. The quantitative estimate of drug-likeness (QED) is 0.671. The Hall–Kier alpha value is -1.92. The normalized spacial score (nSPS) is 33.9. The number of rotatable bonds is 0. The number of likely N-dealkylation sites (tertiary alicyclic amines) is 1. The molecule has 6 nitrogen and oxygen atoms in total. The summed E-state index contributed by atoms with van der Waals surface area (Å²) >= 11 is 6.16. The van der Waals surface area contributed by atoms with Gasteiger partial charge < -0.3 is 10.6 Å². The molecule has 3 aliphatic rings. The second kappa shape index (κ2) is 4.83. The summed E-state index contributed by atoms with van der Waals surface area (Å²) in [5.41, 5.74) is -0.392. The Bertz CT molecular complexity index is 831. The van der Waals surface area contributed by atoms with Gasteiger partial charge in [0.1, 0.15) is 11.8 Å². The van der Waals surface area contributed by atoms with Gasteiger partial charge in [0.2, 0.25) is 17.4 Å². The fraction of sp³-hybridized carbons (Fsp3) is 0.500. The van der Waals surface area contributed by atoms with Gasteiger partial charge in [-0.25, -0.2) is 0 Å². The third kappa shape index (κ3) is 1.92. The molecule has 25 heavy (non-hydrogen) atoms. The van der Waals surface area contributed by atoms with E-state index in [-0.39, 0.29) is 23.8 Å². The zero-order chi connectivity index (χ0) is 18.3. The van der Waals surface area contributed by atoms with Gasteiger partial charge in [-0.1, -0.05) is 11.6 Å². The third-order valence-corrected chi connectivity index (χ3v) is 5.89. The first-order valence-corrected chi connectivity index (χ1v) is 8.82. The van der Waals surface area contributed by atoms with Crippen molar-refractivity contribution in [3.05, 3.63) is 28.8 Å². The molecule has 7 heteroatoms. The number of nitrogens with zero attached hydrogens (tertiary/aromatic N) is 1. The van der Waals surface area contributed by atoms with E-state index in [4.69, 9.17) is 11.6 Å². The third-order valence-electron chi connectivity index (χ3n) is 5.66. The maximum atomic E-state index is 13.3. The lowest BCUT2D eigenvalue weighted by Crippen LogP contribution is -2.98. The summed E-state index contributed by atoms with van der Waals surface area (Å²) in [6, 6.07) is 5.01. The molecule has 3 heterocycles. The highest BCUT2D eigenvalue weighted by atomic mass is 35.5. The number of imide groups is 1. The van der Waals surface area contributed by atoms with Gasteiger partial charge >= 0.3 is 0 Å². The van der Waals surface area contributed by atoms with E-state index in [2.05, 4.69) is 5.32 Å². The largest absolute Gasteiger partial charge is 0.326 e. The van der Waals surface area contributed by atoms with Crippen LogP contribution in [-0.2, 0) is 19.9 Å². The van der Waals surface area contributed by atoms with Crippen LogP contribution in [-0.4, -0.2) is 34.2 Å². The van der Waals surface area contributed by atoms with E-state index < -0.39 is 22.9 Å². The molecule has 4 atom stereocenters. The first-order chi connectivity index (χ1) is 11.6. The van der Waals surface area contributed by atoms with E-state index in [1.807, 2.05) is 33.0 Å². The van der Waals surface area contributed by atoms with E-state index in [1.165, 1.54) is 4.90 Å². The summed E-state index contributed by atoms with van der Waals surface area (Å²) in [6.07, 6.45) is 0. The van der Waals surface area contributed by atoms with Crippen molar-refractivity contribution < 1.29 is 19.7 Å². The van der Waals surface area contributed by atoms with E-state index in [1.54, 1.807) is 18.2 Å². The van der Waals surface area contributed by atoms with Crippen LogP contribution in [0.15, 0.2) is 18.2 Å². The number of nitrogens with one attached hydrogen (secondary N) is 1. The predicted octanol–water partition coefficient (Wildman–Crippen LogP) is 0.853. The lowest BCUT2D eigenvalue weighted by atomic mass is 9.76. The maximum absolute atomic E-state index is 13.3. The van der Waals surface area contributed by atoms with Crippen molar-refractivity contribution in [1.29, 1.82) is 0 Å². The van der Waals surface area contributed by atoms with Gasteiger partial charge in [-0.3, -0.25) is 19.3 Å². The van der Waals surface area contributed by atoms with Gasteiger partial charge in [0.05, 0.1) is 11.7 Å². The highest BCUT2D eigenvalue weighted by Crippen LogP contribution is 2.50. The molecular formula is C18H21ClN3O3+. The highest BCUT2D eigenvalue weighted by Gasteiger charge is 2.74. The molecule has 1 aromatic rings. The molecule has 0 radical (unpaired) electrons. The second-order valence-electron chi connectivity index (χ2n) is 8.22. The van der Waals surface area contributed by atoms with E-state index >= 15 is 0 Å². The van der Waals surface area contributed by atoms with Gasteiger partial charge in [0.15, 0.2) is 0 Å². The summed E-state index contributed by atoms with van der Waals surface area (Å²) in [5.74, 6) is -1.94. The van der Waals surface area contributed by atoms with E-state index in [0.717, 1.165) is 0 Å². The molecule has 3 aliphatic heterocycles. The number of nitrogens with two attached hydrogens (primary N) is 1. The number of carbonyl (C=O) groups is 3. The Morgan fingerprint density at radius 3 is 2.52 bits per heavy atom. The molecule has 0 aromatic heterocycles. The Kier molecular flexibility index (Phi) is 3.19. The fourth-order valence-corrected chi connectivity index (χ4v) is 4.94. The van der Waals surface area contributed by atoms with Crippen LogP contribution in [0.1, 0.15) is 33.3 Å². The van der Waals surface area contributed by atoms with Gasteiger partial charge in [-0.05, 0) is 45.9 Å². The van der Waals surface area contributed by atoms with E-state index in [0.29, 0.717) is 16.3 Å². The highest BCUT2D eigenvalue weighted by molar-refractivity contribution is 6.31. The molecule has 2 fully saturated rings. The first-order valence-electron chi connectivity index (χ1n) is 8.44. The van der Waals surface area contributed by atoms with Crippen molar-refractivity contribution in [1.82, 2.24) is 4.90 Å². The molecule has 1 aromatic carbocycles. The Morgan fingerprint density at radius 2 is 1.88 bits per heavy atom. The molecule has 3 N–H and O–H groups in total. The molecular weight excluding hydrogens is 342 g/mol. The van der Waals surface area contributed by atoms with Crippen molar-refractivity contribution in [2.45, 2.75) is 44.8 Å². The van der Waals surface area contributed by atoms with Gasteiger partial charge in [-0.15, -0.1) is 0 Å². The minimum atomic E-state index is -1.13. The summed E-state index contributed by atoms with van der Waals surface area (Å²) in [4.78, 5) is 40.6. The van der Waals surface area contributed by atoms with Crippen LogP contribution in [0.25, 0.3) is 0 Å². The van der Waals surface area contributed by atoms with Crippen molar-refractivity contribution in [3.8, 4) is 0 Å². The number of anilines is 1. The second-order valence-corrected chi connectivity index (χ2v) is 8.66. The molecule has 2 saturated heterocycles. The first kappa shape index (κ1) is 16.5. The van der Waals surface area contributed by atoms with Gasteiger partial charge in [0.25, 0.3) is 5.91 Å². The summed E-state index contributed by atoms with van der Waals surface area (Å²) in [5, 5.41) is 5.24. The minimum absolute atomic E-state index is 0.176. The van der Waals surface area contributed by atoms with Crippen LogP contribution in [0.2, 0.25) is 5.02 Å². The van der Waals surface area contributed by atoms with Gasteiger partial charge in [0, 0.05) is 16.1 Å². The number of hydrogen-bond donors (Lipinski definition) is 2. The van der Waals surface area contributed by atoms with Crippen LogP contribution in [0.5, 0.6) is 0 Å². The number of quaternary nitrogens is 1. The Morgan fingerprint density at radius 1 is 1.20 bits per heavy atom. The lowest BCUT2D eigenvalue weighted by Gasteiger charge is -2.33. The number of amides is 3. The average molecular weight is 363 g/mol. The summed E-state index contributed by atoms with van der Waals surface area (Å²) < 4.78 is 0. The van der Waals surface area contributed by atoms with E-state index in [9.17, 15) is 14.4 Å². The Labute approximate surface area is 150 Å². The van der Waals surface area contributed by atoms with Crippen molar-refractivity contribution in [2.75, 3.05) is 5.32 Å². The van der Waals surface area contributed by atoms with Crippen LogP contribution < -0.4 is 10.6 Å². The SMILES string of the molecule is C[C@H]1[NH2+][C@]2(C(=O)Nc3ccc(Cl)cc32)[C@@H]2C(=O)N(C(C)(C)C)C(=O)[C@@H]21. The molecule has 1 spiro atoms. The number of carbonyl (C=O) groups excluding carboxylic acids is 3. The molecule has 0 bridgehead atoms. The number of fused-ring (bicyclic) bond motifs is 4. The number of halogens is 1. The lowest BCUT2D eigenvalue weighted by molar-refractivity contribution is -0.730. The van der Waals surface area contributed by atoms with Crippen molar-refractivity contribution >= 4 is 35.0 Å². The molecule has 4 rings (SSSR count). The number of benzene rings is 1. The maximum Gasteiger partial charge on any atom is 0.291 e. The minimum Gasteiger partial charge on any atom is -0.326 e. The zero-order valence-corrected chi connectivity index (χ0v) is 15.3. The number of hydrogen-bond acceptors (Lipinski definition) is 3. The molecule has 0 unspecified atom stereocenters. The predicted molar refractivity (Wildman–Crippen MR) is 91.7 cm³/mol.